The van der Waals surface area contributed by atoms with Gasteiger partial charge in [0, 0.05) is 6.42 Å². The van der Waals surface area contributed by atoms with Crippen LogP contribution in [-0.4, -0.2) is 109 Å². The SMILES string of the molecule is CCCCCCCCCCCCCCCCCCOC(=O)CCCCCCCCCCCCCCCCC.[Al+3].[Al+3].[Al+3].[Al+3].[O-][Si]([O-])([O-])[O-].[O-][Si]([O-])([O-])[O-].[O-][Si]([O-])([O-])[O-]. The van der Waals surface area contributed by atoms with Gasteiger partial charge in [0.05, 0.1) is 6.61 Å². The molecule has 0 aliphatic heterocycles. The Bertz CT molecular complexity index is 681. The Morgan fingerprint density at radius 3 is 0.667 bits per heavy atom. The van der Waals surface area contributed by atoms with E-state index in [1.165, 1.54) is 186 Å². The summed E-state index contributed by atoms with van der Waals surface area (Å²) >= 11 is 0. The Hall–Kier alpha value is 1.77. The molecule has 0 aromatic rings. The summed E-state index contributed by atoms with van der Waals surface area (Å²) in [6.07, 6.45) is 43.1. The van der Waals surface area contributed by atoms with Gasteiger partial charge >= 0.3 is 75.4 Å². The second-order valence-corrected chi connectivity index (χ2v) is 16.7. The molecular formula is C36H72Al4O14Si3. The van der Waals surface area contributed by atoms with E-state index in [0.717, 1.165) is 12.8 Å². The molecule has 0 aromatic carbocycles. The van der Waals surface area contributed by atoms with E-state index in [4.69, 9.17) is 62.3 Å². The fraction of sp³-hybridized carbons (Fsp3) is 0.972. The normalized spacial score (nSPS) is 10.7. The maximum atomic E-state index is 11.9. The van der Waals surface area contributed by atoms with Crippen molar-refractivity contribution < 1.29 is 67.1 Å². The maximum absolute atomic E-state index is 11.9. The fourth-order valence-corrected chi connectivity index (χ4v) is 5.55. The molecule has 0 unspecified atom stereocenters. The van der Waals surface area contributed by atoms with Crippen LogP contribution in [0.25, 0.3) is 0 Å². The molecular weight excluding hydrogens is 849 g/mol. The van der Waals surface area contributed by atoms with E-state index in [1.54, 1.807) is 0 Å². The summed E-state index contributed by atoms with van der Waals surface area (Å²) in [4.78, 5) is 115. The molecule has 0 fully saturated rings. The van der Waals surface area contributed by atoms with Crippen molar-refractivity contribution in [2.45, 2.75) is 219 Å². The Labute approximate surface area is 392 Å². The van der Waals surface area contributed by atoms with Gasteiger partial charge in [0.1, 0.15) is 0 Å². The van der Waals surface area contributed by atoms with Crippen LogP contribution in [0.2, 0.25) is 0 Å². The fourth-order valence-electron chi connectivity index (χ4n) is 5.55. The summed E-state index contributed by atoms with van der Waals surface area (Å²) < 4.78 is 5.44. The summed E-state index contributed by atoms with van der Waals surface area (Å²) in [6.45, 7) is 5.22. The molecule has 324 valence electrons. The number of carbonyl (C=O) groups excluding carboxylic acids is 1. The molecule has 0 atom stereocenters. The minimum Gasteiger partial charge on any atom is -0.894 e. The van der Waals surface area contributed by atoms with E-state index in [9.17, 15) is 4.79 Å². The monoisotopic (exact) mass is 920 g/mol. The summed E-state index contributed by atoms with van der Waals surface area (Å²) in [7, 11) is -16.8. The van der Waals surface area contributed by atoms with Gasteiger partial charge in [-0.2, -0.15) is 0 Å². The predicted molar refractivity (Wildman–Crippen MR) is 210 cm³/mol. The van der Waals surface area contributed by atoms with Crippen molar-refractivity contribution in [3.05, 3.63) is 0 Å². The van der Waals surface area contributed by atoms with E-state index in [1.807, 2.05) is 0 Å². The van der Waals surface area contributed by atoms with Crippen LogP contribution < -0.4 is 57.5 Å². The minimum atomic E-state index is -5.61. The average molecular weight is 921 g/mol. The molecule has 0 saturated heterocycles. The Morgan fingerprint density at radius 2 is 0.474 bits per heavy atom. The summed E-state index contributed by atoms with van der Waals surface area (Å²) in [5, 5.41) is 0. The van der Waals surface area contributed by atoms with Gasteiger partial charge in [-0.15, -0.1) is 0 Å². The second-order valence-electron chi connectivity index (χ2n) is 13.7. The van der Waals surface area contributed by atoms with Crippen molar-refractivity contribution in [3.8, 4) is 0 Å². The number of ether oxygens (including phenoxy) is 1. The molecule has 0 spiro atoms. The van der Waals surface area contributed by atoms with Crippen LogP contribution in [0.15, 0.2) is 0 Å². The van der Waals surface area contributed by atoms with E-state index in [2.05, 4.69) is 13.8 Å². The predicted octanol–water partition coefficient (Wildman–Crippen LogP) is -3.88. The topological polar surface area (TPSA) is 303 Å². The van der Waals surface area contributed by atoms with Crippen molar-refractivity contribution in [3.63, 3.8) is 0 Å². The molecule has 0 heterocycles. The summed E-state index contributed by atoms with van der Waals surface area (Å²) in [6, 6.07) is 0. The Balaban J connectivity index is -0.000000178. The first kappa shape index (κ1) is 76.1. The first-order valence-electron chi connectivity index (χ1n) is 20.4. The van der Waals surface area contributed by atoms with Gasteiger partial charge in [-0.25, -0.2) is 0 Å². The third-order valence-electron chi connectivity index (χ3n) is 8.25. The molecule has 57 heavy (non-hydrogen) atoms. The van der Waals surface area contributed by atoms with Gasteiger partial charge in [0.2, 0.25) is 0 Å². The minimum absolute atomic E-state index is 0. The largest absolute Gasteiger partial charge is 3.00 e. The van der Waals surface area contributed by atoms with Crippen molar-refractivity contribution in [2.75, 3.05) is 6.61 Å². The molecule has 0 rings (SSSR count). The zero-order valence-corrected chi connectivity index (χ0v) is 43.0. The van der Waals surface area contributed by atoms with E-state index >= 15 is 0 Å². The van der Waals surface area contributed by atoms with Crippen molar-refractivity contribution in [1.82, 2.24) is 0 Å². The number of rotatable bonds is 33. The van der Waals surface area contributed by atoms with Gasteiger partial charge in [-0.1, -0.05) is 200 Å². The molecule has 0 saturated carbocycles. The quantitative estimate of drug-likeness (QED) is 0.0346. The van der Waals surface area contributed by atoms with Crippen molar-refractivity contribution in [1.29, 1.82) is 0 Å². The molecule has 0 bridgehead atoms. The first-order chi connectivity index (χ1) is 24.8. The molecule has 14 nitrogen and oxygen atoms in total. The van der Waals surface area contributed by atoms with Gasteiger partial charge in [0.25, 0.3) is 0 Å². The van der Waals surface area contributed by atoms with Gasteiger partial charge in [0.15, 0.2) is 0 Å². The van der Waals surface area contributed by atoms with E-state index < -0.39 is 27.1 Å². The zero-order chi connectivity index (χ0) is 41.1. The molecule has 0 aliphatic carbocycles. The standard InChI is InChI=1S/C36H72O2.4Al.3O4Si/c1-3-5-7-9-11-13-15-17-19-21-23-25-27-29-31-33-35-38-36(37)34-32-30-28-26-24-22-20-18-16-14-12-10-8-6-4-2;;;;;3*1-5(2,3)4/h3-35H2,1-2H3;;;;;;;/q;4*+3;3*-4. The number of esters is 1. The number of carbonyl (C=O) groups is 1. The molecule has 0 aliphatic rings. The van der Waals surface area contributed by atoms with Crippen LogP contribution in [0.5, 0.6) is 0 Å². The first-order valence-corrected chi connectivity index (χ1v) is 25.3. The van der Waals surface area contributed by atoms with Gasteiger partial charge < -0.3 is 89.4 Å². The molecule has 0 N–H and O–H groups in total. The molecule has 0 radical (unpaired) electrons. The zero-order valence-electron chi connectivity index (χ0n) is 35.4. The third-order valence-corrected chi connectivity index (χ3v) is 8.25. The Morgan fingerprint density at radius 1 is 0.316 bits per heavy atom. The van der Waals surface area contributed by atoms with Crippen molar-refractivity contribution >= 4 is 103 Å². The second kappa shape index (κ2) is 57.8. The maximum Gasteiger partial charge on any atom is 3.00 e. The Kier molecular flexibility index (Phi) is 77.1. The van der Waals surface area contributed by atoms with Crippen LogP contribution in [0.3, 0.4) is 0 Å². The summed E-state index contributed by atoms with van der Waals surface area (Å²) in [5.74, 6) is 0.0284. The van der Waals surface area contributed by atoms with E-state index in [0.29, 0.717) is 13.0 Å². The number of hydrogen-bond donors (Lipinski definition) is 0. The molecule has 0 amide bonds. The average Bonchev–Trinajstić information content (AvgIpc) is 3.02. The number of unbranched alkanes of at least 4 members (excludes halogenated alkanes) is 29. The van der Waals surface area contributed by atoms with Crippen LogP contribution in [0, 0.1) is 0 Å². The smallest absolute Gasteiger partial charge is 0.894 e. The van der Waals surface area contributed by atoms with Crippen molar-refractivity contribution in [2.24, 2.45) is 0 Å². The third kappa shape index (κ3) is 126. The summed E-state index contributed by atoms with van der Waals surface area (Å²) in [5.41, 5.74) is 0. The molecule has 21 heteroatoms. The van der Waals surface area contributed by atoms with E-state index in [-0.39, 0.29) is 75.4 Å². The van der Waals surface area contributed by atoms with Crippen LogP contribution in [0.1, 0.15) is 219 Å². The van der Waals surface area contributed by atoms with Crippen LogP contribution in [-0.2, 0) is 9.53 Å². The van der Waals surface area contributed by atoms with Crippen LogP contribution >= 0.6 is 0 Å². The molecule has 0 aromatic heterocycles. The van der Waals surface area contributed by atoms with Crippen LogP contribution in [0.4, 0.5) is 0 Å². The number of hydrogen-bond acceptors (Lipinski definition) is 14. The van der Waals surface area contributed by atoms with Gasteiger partial charge in [-0.05, 0) is 12.8 Å². The van der Waals surface area contributed by atoms with Gasteiger partial charge in [-0.3, -0.25) is 4.79 Å².